The molecule has 0 radical (unpaired) electrons. The maximum atomic E-state index is 9.58. The zero-order valence-corrected chi connectivity index (χ0v) is 13.6. The zero-order chi connectivity index (χ0) is 15.9. The summed E-state index contributed by atoms with van der Waals surface area (Å²) in [6.07, 6.45) is 9.73. The first-order chi connectivity index (χ1) is 10.1. The van der Waals surface area contributed by atoms with Crippen LogP contribution in [0.5, 0.6) is 5.75 Å². The molecule has 0 aromatic heterocycles. The number of phenolic OH excluding ortho intramolecular Hbond substituents is 1. The molecule has 1 atom stereocenters. The van der Waals surface area contributed by atoms with Crippen LogP contribution in [-0.2, 0) is 6.42 Å². The molecule has 1 aromatic rings. The van der Waals surface area contributed by atoms with Crippen LogP contribution < -0.4 is 0 Å². The molecule has 21 heavy (non-hydrogen) atoms. The highest BCUT2D eigenvalue weighted by molar-refractivity contribution is 5.31. The Hall–Kier alpha value is -1.06. The molecular formula is C18H32O3. The van der Waals surface area contributed by atoms with Gasteiger partial charge in [-0.25, -0.2) is 0 Å². The summed E-state index contributed by atoms with van der Waals surface area (Å²) in [4.78, 5) is 0. The molecule has 0 saturated carbocycles. The third kappa shape index (κ3) is 12.4. The summed E-state index contributed by atoms with van der Waals surface area (Å²) < 4.78 is 0. The second kappa shape index (κ2) is 13.9. The van der Waals surface area contributed by atoms with Gasteiger partial charge in [0.2, 0.25) is 0 Å². The number of rotatable bonds is 9. The monoisotopic (exact) mass is 296 g/mol. The molecule has 122 valence electrons. The number of unbranched alkanes of at least 4 members (excludes halogenated alkanes) is 6. The lowest BCUT2D eigenvalue weighted by Crippen LogP contribution is -2.03. The van der Waals surface area contributed by atoms with E-state index in [-0.39, 0.29) is 6.61 Å². The predicted octanol–water partition coefficient (Wildman–Crippen LogP) is 4.04. The summed E-state index contributed by atoms with van der Waals surface area (Å²) in [5.41, 5.74) is 1.09. The minimum absolute atomic E-state index is 0.139. The zero-order valence-electron chi connectivity index (χ0n) is 13.6. The van der Waals surface area contributed by atoms with Crippen LogP contribution in [0.3, 0.4) is 0 Å². The lowest BCUT2D eigenvalue weighted by Gasteiger charge is -2.04. The molecule has 0 saturated heterocycles. The van der Waals surface area contributed by atoms with Gasteiger partial charge in [-0.15, -0.1) is 0 Å². The second-order valence-electron chi connectivity index (χ2n) is 5.53. The first kappa shape index (κ1) is 19.9. The van der Waals surface area contributed by atoms with Crippen LogP contribution in [-0.4, -0.2) is 28.0 Å². The molecule has 0 heterocycles. The van der Waals surface area contributed by atoms with E-state index in [2.05, 4.69) is 6.92 Å². The molecule has 0 aliphatic carbocycles. The van der Waals surface area contributed by atoms with Gasteiger partial charge in [0.1, 0.15) is 5.75 Å². The number of benzene rings is 1. The maximum Gasteiger partial charge on any atom is 0.118 e. The molecule has 0 bridgehead atoms. The van der Waals surface area contributed by atoms with Crippen LogP contribution in [0.15, 0.2) is 24.3 Å². The van der Waals surface area contributed by atoms with Gasteiger partial charge in [-0.2, -0.15) is 0 Å². The van der Waals surface area contributed by atoms with Crippen LogP contribution >= 0.6 is 0 Å². The average Bonchev–Trinajstić information content (AvgIpc) is 2.48. The van der Waals surface area contributed by atoms with E-state index in [1.807, 2.05) is 18.2 Å². The molecule has 1 unspecified atom stereocenters. The van der Waals surface area contributed by atoms with E-state index in [9.17, 15) is 5.11 Å². The Kier molecular flexibility index (Phi) is 13.2. The highest BCUT2D eigenvalue weighted by Gasteiger charge is 1.98. The number of aliphatic hydroxyl groups is 2. The van der Waals surface area contributed by atoms with Crippen molar-refractivity contribution in [3.05, 3.63) is 29.8 Å². The molecule has 3 nitrogen and oxygen atoms in total. The highest BCUT2D eigenvalue weighted by atomic mass is 16.3. The summed E-state index contributed by atoms with van der Waals surface area (Å²) in [5, 5.41) is 25.6. The van der Waals surface area contributed by atoms with Crippen molar-refractivity contribution in [1.29, 1.82) is 0 Å². The summed E-state index contributed by atoms with van der Waals surface area (Å²) >= 11 is 0. The van der Waals surface area contributed by atoms with Gasteiger partial charge in [-0.1, -0.05) is 63.6 Å². The van der Waals surface area contributed by atoms with Crippen molar-refractivity contribution >= 4 is 0 Å². The number of hydrogen-bond acceptors (Lipinski definition) is 3. The van der Waals surface area contributed by atoms with Crippen LogP contribution in [0.2, 0.25) is 0 Å². The molecule has 0 aliphatic rings. The molecule has 0 amide bonds. The van der Waals surface area contributed by atoms with Gasteiger partial charge in [0, 0.05) is 0 Å². The quantitative estimate of drug-likeness (QED) is 0.603. The molecule has 1 aromatic carbocycles. The van der Waals surface area contributed by atoms with Crippen molar-refractivity contribution in [3.8, 4) is 5.75 Å². The lowest BCUT2D eigenvalue weighted by atomic mass is 10.0. The summed E-state index contributed by atoms with van der Waals surface area (Å²) in [7, 11) is 0. The first-order valence-electron chi connectivity index (χ1n) is 8.17. The Balaban J connectivity index is 0.000000690. The number of aromatic hydroxyl groups is 1. The Morgan fingerprint density at radius 1 is 0.952 bits per heavy atom. The smallest absolute Gasteiger partial charge is 0.118 e. The minimum Gasteiger partial charge on any atom is -0.508 e. The fourth-order valence-corrected chi connectivity index (χ4v) is 1.99. The number of hydrogen-bond donors (Lipinski definition) is 3. The van der Waals surface area contributed by atoms with Crippen molar-refractivity contribution in [1.82, 2.24) is 0 Å². The van der Waals surface area contributed by atoms with Gasteiger partial charge < -0.3 is 15.3 Å². The van der Waals surface area contributed by atoms with Gasteiger partial charge >= 0.3 is 0 Å². The van der Waals surface area contributed by atoms with Crippen molar-refractivity contribution in [2.24, 2.45) is 0 Å². The highest BCUT2D eigenvalue weighted by Crippen LogP contribution is 2.18. The van der Waals surface area contributed by atoms with Gasteiger partial charge in [0.15, 0.2) is 0 Å². The van der Waals surface area contributed by atoms with E-state index < -0.39 is 6.10 Å². The van der Waals surface area contributed by atoms with E-state index in [0.29, 0.717) is 5.75 Å². The largest absolute Gasteiger partial charge is 0.508 e. The van der Waals surface area contributed by atoms with E-state index in [1.54, 1.807) is 6.07 Å². The summed E-state index contributed by atoms with van der Waals surface area (Å²) in [5.74, 6) is 0.452. The van der Waals surface area contributed by atoms with Crippen LogP contribution in [0, 0.1) is 0 Å². The average molecular weight is 296 g/mol. The van der Waals surface area contributed by atoms with Gasteiger partial charge in [-0.3, -0.25) is 0 Å². The van der Waals surface area contributed by atoms with Crippen LogP contribution in [0.4, 0.5) is 0 Å². The predicted molar refractivity (Wildman–Crippen MR) is 88.6 cm³/mol. The first-order valence-corrected chi connectivity index (χ1v) is 8.17. The molecule has 0 fully saturated rings. The number of para-hydroxylation sites is 1. The number of aliphatic hydroxyl groups excluding tert-OH is 2. The molecular weight excluding hydrogens is 264 g/mol. The van der Waals surface area contributed by atoms with Gasteiger partial charge in [0.25, 0.3) is 0 Å². The van der Waals surface area contributed by atoms with Crippen LogP contribution in [0.25, 0.3) is 0 Å². The lowest BCUT2D eigenvalue weighted by molar-refractivity contribution is 0.110. The molecule has 3 heteroatoms. The standard InChI is InChI=1S/C15H24O.C3H8O2/c1-2-3-4-5-6-7-8-11-14-12-9-10-13-15(14)16;1-3(5)2-4/h9-10,12-13,16H,2-8,11H2,1H3;3-5H,2H2,1H3. The van der Waals surface area contributed by atoms with Crippen LogP contribution in [0.1, 0.15) is 64.4 Å². The fourth-order valence-electron chi connectivity index (χ4n) is 1.99. The van der Waals surface area contributed by atoms with E-state index in [1.165, 1.54) is 51.9 Å². The Labute approximate surface area is 129 Å². The molecule has 3 N–H and O–H groups in total. The topological polar surface area (TPSA) is 60.7 Å². The van der Waals surface area contributed by atoms with Crippen molar-refractivity contribution in [2.75, 3.05) is 6.61 Å². The van der Waals surface area contributed by atoms with E-state index >= 15 is 0 Å². The molecule has 0 spiro atoms. The SMILES string of the molecule is CC(O)CO.CCCCCCCCCc1ccccc1O. The summed E-state index contributed by atoms with van der Waals surface area (Å²) in [6, 6.07) is 7.67. The normalized spacial score (nSPS) is 11.6. The van der Waals surface area contributed by atoms with Crippen molar-refractivity contribution < 1.29 is 15.3 Å². The molecule has 0 aliphatic heterocycles. The summed E-state index contributed by atoms with van der Waals surface area (Å²) in [6.45, 7) is 3.64. The number of aryl methyl sites for hydroxylation is 1. The second-order valence-corrected chi connectivity index (χ2v) is 5.53. The molecule has 1 rings (SSSR count). The van der Waals surface area contributed by atoms with Crippen molar-refractivity contribution in [3.63, 3.8) is 0 Å². The Morgan fingerprint density at radius 2 is 1.48 bits per heavy atom. The number of phenols is 1. The third-order valence-corrected chi connectivity index (χ3v) is 3.31. The maximum absolute atomic E-state index is 9.58. The van der Waals surface area contributed by atoms with Crippen molar-refractivity contribution in [2.45, 2.75) is 71.3 Å². The van der Waals surface area contributed by atoms with Gasteiger partial charge in [0.05, 0.1) is 12.7 Å². The van der Waals surface area contributed by atoms with E-state index in [4.69, 9.17) is 10.2 Å². The Morgan fingerprint density at radius 3 is 2.00 bits per heavy atom. The fraction of sp³-hybridized carbons (Fsp3) is 0.667. The third-order valence-electron chi connectivity index (χ3n) is 3.31. The van der Waals surface area contributed by atoms with E-state index in [0.717, 1.165) is 12.0 Å². The minimum atomic E-state index is -0.560. The Bertz CT molecular complexity index is 337. The van der Waals surface area contributed by atoms with Gasteiger partial charge in [-0.05, 0) is 31.4 Å².